The van der Waals surface area contributed by atoms with Crippen molar-refractivity contribution in [2.24, 2.45) is 0 Å². The largest absolute Gasteiger partial charge is 0.416 e. The van der Waals surface area contributed by atoms with Gasteiger partial charge < -0.3 is 14.6 Å². The zero-order chi connectivity index (χ0) is 20.8. The molecule has 1 fully saturated rings. The molecule has 1 aromatic carbocycles. The lowest BCUT2D eigenvalue weighted by Crippen LogP contribution is -2.32. The van der Waals surface area contributed by atoms with Crippen LogP contribution < -0.4 is 10.6 Å². The third-order valence-corrected chi connectivity index (χ3v) is 5.35. The molecule has 0 amide bonds. The Morgan fingerprint density at radius 2 is 2.14 bits per heavy atom. The fourth-order valence-electron chi connectivity index (χ4n) is 3.76. The molecule has 10 heteroatoms. The Hall–Kier alpha value is -2.88. The van der Waals surface area contributed by atoms with Crippen molar-refractivity contribution in [3.8, 4) is 0 Å². The zero-order valence-corrected chi connectivity index (χ0v) is 15.9. The van der Waals surface area contributed by atoms with E-state index in [2.05, 4.69) is 15.0 Å². The maximum Gasteiger partial charge on any atom is 0.416 e. The van der Waals surface area contributed by atoms with E-state index in [4.69, 9.17) is 4.74 Å². The number of halogens is 3. The molecule has 4 rings (SSSR count). The molecule has 0 spiro atoms. The van der Waals surface area contributed by atoms with Crippen molar-refractivity contribution in [3.63, 3.8) is 0 Å². The molecule has 1 N–H and O–H groups in total. The van der Waals surface area contributed by atoms with Gasteiger partial charge in [-0.3, -0.25) is 4.57 Å². The first kappa shape index (κ1) is 19.4. The number of anilines is 1. The van der Waals surface area contributed by atoms with Crippen LogP contribution in [0.3, 0.4) is 0 Å². The number of ether oxygens (including phenoxy) is 1. The summed E-state index contributed by atoms with van der Waals surface area (Å²) in [6, 6.07) is 2.82. The fraction of sp³-hybridized carbons (Fsp3) is 0.421. The van der Waals surface area contributed by atoms with Crippen LogP contribution in [-0.4, -0.2) is 45.8 Å². The molecule has 2 atom stereocenters. The second-order valence-corrected chi connectivity index (χ2v) is 7.08. The van der Waals surface area contributed by atoms with E-state index < -0.39 is 23.5 Å². The quantitative estimate of drug-likeness (QED) is 0.720. The minimum absolute atomic E-state index is 0.00768. The van der Waals surface area contributed by atoms with Gasteiger partial charge in [0.05, 0.1) is 35.2 Å². The number of hydrogen-bond donors (Lipinski definition) is 1. The fourth-order valence-corrected chi connectivity index (χ4v) is 3.76. The Kier molecular flexibility index (Phi) is 4.81. The molecular weight excluding hydrogens is 387 g/mol. The maximum atomic E-state index is 13.4. The number of nitrogens with one attached hydrogen (secondary N) is 1. The van der Waals surface area contributed by atoms with E-state index in [0.717, 1.165) is 18.6 Å². The summed E-state index contributed by atoms with van der Waals surface area (Å²) in [7, 11) is 1.61. The number of H-pyrrole nitrogens is 1. The molecule has 7 nitrogen and oxygen atoms in total. The zero-order valence-electron chi connectivity index (χ0n) is 15.9. The topological polar surface area (TPSA) is 76.0 Å². The number of aromatic amines is 1. The van der Waals surface area contributed by atoms with Crippen LogP contribution in [0.15, 0.2) is 35.5 Å². The average molecular weight is 407 g/mol. The third kappa shape index (κ3) is 3.48. The summed E-state index contributed by atoms with van der Waals surface area (Å²) in [5.41, 5.74) is -0.740. The SMILES string of the molecule is COC1CCN(c2nc(=O)n([C@@H](C)c3c[nH]cn3)c3cc(C(F)(F)F)ccc23)C1. The first-order valence-corrected chi connectivity index (χ1v) is 9.19. The number of alkyl halides is 3. The summed E-state index contributed by atoms with van der Waals surface area (Å²) < 4.78 is 46.7. The third-order valence-electron chi connectivity index (χ3n) is 5.35. The summed E-state index contributed by atoms with van der Waals surface area (Å²) >= 11 is 0. The predicted octanol–water partition coefficient (Wildman–Crippen LogP) is 2.97. The van der Waals surface area contributed by atoms with Gasteiger partial charge in [0, 0.05) is 31.8 Å². The number of rotatable bonds is 4. The van der Waals surface area contributed by atoms with Crippen LogP contribution in [0.5, 0.6) is 0 Å². The van der Waals surface area contributed by atoms with Gasteiger partial charge in [0.25, 0.3) is 0 Å². The van der Waals surface area contributed by atoms with E-state index >= 15 is 0 Å². The van der Waals surface area contributed by atoms with E-state index in [1.165, 1.54) is 17.0 Å². The Morgan fingerprint density at radius 3 is 2.76 bits per heavy atom. The van der Waals surface area contributed by atoms with E-state index in [-0.39, 0.29) is 11.6 Å². The Morgan fingerprint density at radius 1 is 1.34 bits per heavy atom. The summed E-state index contributed by atoms with van der Waals surface area (Å²) in [5.74, 6) is 0.378. The Balaban J connectivity index is 1.94. The first-order valence-electron chi connectivity index (χ1n) is 9.19. The van der Waals surface area contributed by atoms with Crippen molar-refractivity contribution in [1.29, 1.82) is 0 Å². The molecule has 1 aliphatic heterocycles. The van der Waals surface area contributed by atoms with Gasteiger partial charge in [-0.2, -0.15) is 18.2 Å². The molecule has 0 radical (unpaired) electrons. The van der Waals surface area contributed by atoms with Crippen molar-refractivity contribution in [1.82, 2.24) is 19.5 Å². The van der Waals surface area contributed by atoms with Crippen LogP contribution in [-0.2, 0) is 10.9 Å². The summed E-state index contributed by atoms with van der Waals surface area (Å²) in [6.07, 6.45) is -0.715. The molecule has 1 saturated heterocycles. The molecule has 0 saturated carbocycles. The van der Waals surface area contributed by atoms with Gasteiger partial charge in [-0.25, -0.2) is 9.78 Å². The Bertz CT molecular complexity index is 1080. The lowest BCUT2D eigenvalue weighted by atomic mass is 10.1. The molecule has 0 bridgehead atoms. The molecule has 2 aromatic heterocycles. The van der Waals surface area contributed by atoms with Gasteiger partial charge >= 0.3 is 11.9 Å². The normalized spacial score (nSPS) is 18.5. The maximum absolute atomic E-state index is 13.4. The summed E-state index contributed by atoms with van der Waals surface area (Å²) in [5, 5.41) is 0.483. The number of nitrogens with zero attached hydrogens (tertiary/aromatic N) is 4. The van der Waals surface area contributed by atoms with Crippen molar-refractivity contribution >= 4 is 16.7 Å². The van der Waals surface area contributed by atoms with Gasteiger partial charge in [-0.1, -0.05) is 0 Å². The van der Waals surface area contributed by atoms with Gasteiger partial charge in [0.2, 0.25) is 0 Å². The molecule has 3 aromatic rings. The highest BCUT2D eigenvalue weighted by Crippen LogP contribution is 2.35. The van der Waals surface area contributed by atoms with Crippen LogP contribution in [0.2, 0.25) is 0 Å². The number of aromatic nitrogens is 4. The van der Waals surface area contributed by atoms with Crippen LogP contribution in [0.4, 0.5) is 19.0 Å². The molecule has 154 valence electrons. The van der Waals surface area contributed by atoms with E-state index in [1.807, 2.05) is 4.90 Å². The van der Waals surface area contributed by atoms with Crippen molar-refractivity contribution in [3.05, 3.63) is 52.5 Å². The van der Waals surface area contributed by atoms with Gasteiger partial charge in [0.15, 0.2) is 0 Å². The molecular formula is C19H20F3N5O2. The number of imidazole rings is 1. The standard InChI is InChI=1S/C19H20F3N5O2/c1-11(15-8-23-10-24-15)27-16-7-12(19(20,21)22)3-4-14(16)17(25-18(27)28)26-6-5-13(9-26)29-2/h3-4,7-8,10-11,13H,5-6,9H2,1-2H3,(H,23,24)/t11-,13?/m0/s1. The van der Waals surface area contributed by atoms with Crippen LogP contribution in [0, 0.1) is 0 Å². The molecule has 1 unspecified atom stereocenters. The second kappa shape index (κ2) is 7.18. The van der Waals surface area contributed by atoms with Gasteiger partial charge in [-0.05, 0) is 31.5 Å². The van der Waals surface area contributed by atoms with Gasteiger partial charge in [-0.15, -0.1) is 0 Å². The number of benzene rings is 1. The van der Waals surface area contributed by atoms with E-state index in [0.29, 0.717) is 30.0 Å². The van der Waals surface area contributed by atoms with E-state index in [9.17, 15) is 18.0 Å². The summed E-state index contributed by atoms with van der Waals surface area (Å²) in [6.45, 7) is 2.84. The second-order valence-electron chi connectivity index (χ2n) is 7.08. The van der Waals surface area contributed by atoms with Gasteiger partial charge in [0.1, 0.15) is 5.82 Å². The predicted molar refractivity (Wildman–Crippen MR) is 101 cm³/mol. The number of hydrogen-bond acceptors (Lipinski definition) is 5. The van der Waals surface area contributed by atoms with Crippen LogP contribution in [0.1, 0.15) is 30.6 Å². The van der Waals surface area contributed by atoms with Crippen LogP contribution >= 0.6 is 0 Å². The monoisotopic (exact) mass is 407 g/mol. The Labute approximate surface area is 164 Å². The van der Waals surface area contributed by atoms with E-state index in [1.54, 1.807) is 20.2 Å². The highest BCUT2D eigenvalue weighted by Gasteiger charge is 2.32. The molecule has 29 heavy (non-hydrogen) atoms. The lowest BCUT2D eigenvalue weighted by Gasteiger charge is -2.23. The highest BCUT2D eigenvalue weighted by atomic mass is 19.4. The summed E-state index contributed by atoms with van der Waals surface area (Å²) in [4.78, 5) is 26.0. The molecule has 0 aliphatic carbocycles. The first-order chi connectivity index (χ1) is 13.8. The minimum Gasteiger partial charge on any atom is -0.380 e. The number of fused-ring (bicyclic) bond motifs is 1. The smallest absolute Gasteiger partial charge is 0.380 e. The van der Waals surface area contributed by atoms with Crippen molar-refractivity contribution in [2.75, 3.05) is 25.1 Å². The van der Waals surface area contributed by atoms with Crippen LogP contribution in [0.25, 0.3) is 10.9 Å². The molecule has 1 aliphatic rings. The lowest BCUT2D eigenvalue weighted by molar-refractivity contribution is -0.137. The highest BCUT2D eigenvalue weighted by molar-refractivity contribution is 5.90. The average Bonchev–Trinajstić information content (AvgIpc) is 3.37. The van der Waals surface area contributed by atoms with Crippen molar-refractivity contribution in [2.45, 2.75) is 31.7 Å². The minimum atomic E-state index is -4.52. The molecule has 3 heterocycles. The number of methoxy groups -OCH3 is 1. The van der Waals surface area contributed by atoms with Crippen molar-refractivity contribution < 1.29 is 17.9 Å².